The summed E-state index contributed by atoms with van der Waals surface area (Å²) in [7, 11) is 1.57. The molecule has 1 aromatic carbocycles. The second-order valence-corrected chi connectivity index (χ2v) is 4.38. The lowest BCUT2D eigenvalue weighted by Crippen LogP contribution is -2.31. The van der Waals surface area contributed by atoms with Crippen LogP contribution in [-0.4, -0.2) is 29.3 Å². The number of hydrogen-bond acceptors (Lipinski definition) is 4. The molecule has 2 unspecified atom stereocenters. The van der Waals surface area contributed by atoms with Crippen LogP contribution in [-0.2, 0) is 4.79 Å². The van der Waals surface area contributed by atoms with E-state index in [2.05, 4.69) is 0 Å². The number of carboxylic acids is 1. The highest BCUT2D eigenvalue weighted by molar-refractivity contribution is 5.67. The van der Waals surface area contributed by atoms with Crippen molar-refractivity contribution in [3.05, 3.63) is 28.8 Å². The van der Waals surface area contributed by atoms with Crippen molar-refractivity contribution in [3.8, 4) is 5.75 Å². The number of carboxylic acid groups (broad SMARTS) is 1. The Labute approximate surface area is 106 Å². The average molecular weight is 253 g/mol. The summed E-state index contributed by atoms with van der Waals surface area (Å²) in [5, 5.41) is 18.8. The summed E-state index contributed by atoms with van der Waals surface area (Å²) >= 11 is 0. The highest BCUT2D eigenvalue weighted by Crippen LogP contribution is 2.28. The van der Waals surface area contributed by atoms with Gasteiger partial charge < -0.3 is 20.7 Å². The van der Waals surface area contributed by atoms with Crippen molar-refractivity contribution >= 4 is 5.97 Å². The van der Waals surface area contributed by atoms with Gasteiger partial charge in [-0.3, -0.25) is 4.79 Å². The summed E-state index contributed by atoms with van der Waals surface area (Å²) in [5.41, 5.74) is 8.03. The van der Waals surface area contributed by atoms with E-state index in [1.165, 1.54) is 0 Å². The lowest BCUT2D eigenvalue weighted by atomic mass is 9.92. The first kappa shape index (κ1) is 14.5. The second-order valence-electron chi connectivity index (χ2n) is 4.38. The topological polar surface area (TPSA) is 92.8 Å². The van der Waals surface area contributed by atoms with Crippen LogP contribution in [0.2, 0.25) is 0 Å². The van der Waals surface area contributed by atoms with Crippen LogP contribution in [0.5, 0.6) is 5.75 Å². The van der Waals surface area contributed by atoms with E-state index < -0.39 is 18.1 Å². The van der Waals surface area contributed by atoms with E-state index in [-0.39, 0.29) is 6.42 Å². The molecule has 4 N–H and O–H groups in total. The Morgan fingerprint density at radius 1 is 1.39 bits per heavy atom. The molecule has 1 aromatic rings. The molecule has 5 heteroatoms. The fourth-order valence-corrected chi connectivity index (χ4v) is 2.05. The molecule has 2 atom stereocenters. The Morgan fingerprint density at radius 3 is 2.28 bits per heavy atom. The number of rotatable bonds is 5. The Hall–Kier alpha value is -1.59. The molecule has 1 rings (SSSR count). The number of carbonyl (C=O) groups is 1. The number of aliphatic hydroxyl groups excluding tert-OH is 1. The molecule has 0 aliphatic carbocycles. The first-order chi connectivity index (χ1) is 8.36. The number of nitrogens with two attached hydrogens (primary N) is 1. The molecule has 0 aliphatic heterocycles. The summed E-state index contributed by atoms with van der Waals surface area (Å²) in [6.07, 6.45) is -1.27. The zero-order valence-corrected chi connectivity index (χ0v) is 10.8. The fourth-order valence-electron chi connectivity index (χ4n) is 2.05. The predicted octanol–water partition coefficient (Wildman–Crippen LogP) is 1.15. The number of methoxy groups -OCH3 is 1. The Kier molecular flexibility index (Phi) is 4.69. The van der Waals surface area contributed by atoms with Gasteiger partial charge in [-0.15, -0.1) is 0 Å². The molecule has 0 radical (unpaired) electrons. The zero-order chi connectivity index (χ0) is 13.9. The summed E-state index contributed by atoms with van der Waals surface area (Å²) in [4.78, 5) is 10.6. The van der Waals surface area contributed by atoms with Gasteiger partial charge in [-0.05, 0) is 42.7 Å². The largest absolute Gasteiger partial charge is 0.497 e. The maximum Gasteiger partial charge on any atom is 0.305 e. The van der Waals surface area contributed by atoms with Gasteiger partial charge in [0.15, 0.2) is 0 Å². The summed E-state index contributed by atoms with van der Waals surface area (Å²) in [5.74, 6) is -0.321. The van der Waals surface area contributed by atoms with Crippen molar-refractivity contribution in [2.24, 2.45) is 5.73 Å². The minimum absolute atomic E-state index is 0.272. The molecule has 100 valence electrons. The Bertz CT molecular complexity index is 422. The first-order valence-corrected chi connectivity index (χ1v) is 5.67. The fraction of sp³-hybridized carbons (Fsp3) is 0.462. The number of aliphatic carboxylic acids is 1. The summed E-state index contributed by atoms with van der Waals surface area (Å²) in [6.45, 7) is 3.67. The lowest BCUT2D eigenvalue weighted by Gasteiger charge is -2.22. The van der Waals surface area contributed by atoms with Crippen LogP contribution in [0.25, 0.3) is 0 Å². The van der Waals surface area contributed by atoms with E-state index in [4.69, 9.17) is 15.6 Å². The maximum atomic E-state index is 10.6. The number of aliphatic hydroxyl groups is 1. The van der Waals surface area contributed by atoms with Gasteiger partial charge >= 0.3 is 5.97 Å². The van der Waals surface area contributed by atoms with Gasteiger partial charge in [-0.2, -0.15) is 0 Å². The molecule has 0 amide bonds. The Morgan fingerprint density at radius 2 is 1.89 bits per heavy atom. The lowest BCUT2D eigenvalue weighted by molar-refractivity contribution is -0.138. The number of hydrogen-bond donors (Lipinski definition) is 3. The van der Waals surface area contributed by atoms with Gasteiger partial charge in [0, 0.05) is 6.04 Å². The van der Waals surface area contributed by atoms with Crippen molar-refractivity contribution in [3.63, 3.8) is 0 Å². The van der Waals surface area contributed by atoms with Crippen molar-refractivity contribution in [1.82, 2.24) is 0 Å². The van der Waals surface area contributed by atoms with Crippen LogP contribution < -0.4 is 10.5 Å². The van der Waals surface area contributed by atoms with Crippen LogP contribution in [0.1, 0.15) is 29.2 Å². The van der Waals surface area contributed by atoms with Crippen LogP contribution in [0.4, 0.5) is 0 Å². The smallest absolute Gasteiger partial charge is 0.305 e. The SMILES string of the molecule is COc1cc(C)c(C(O)C(N)CC(=O)O)c(C)c1. The molecule has 0 fully saturated rings. The average Bonchev–Trinajstić information content (AvgIpc) is 2.26. The van der Waals surface area contributed by atoms with Gasteiger partial charge in [0.25, 0.3) is 0 Å². The molecule has 18 heavy (non-hydrogen) atoms. The molecule has 0 saturated heterocycles. The number of ether oxygens (including phenoxy) is 1. The monoisotopic (exact) mass is 253 g/mol. The van der Waals surface area contributed by atoms with E-state index in [1.807, 2.05) is 13.8 Å². The van der Waals surface area contributed by atoms with E-state index in [0.29, 0.717) is 11.3 Å². The van der Waals surface area contributed by atoms with E-state index in [1.54, 1.807) is 19.2 Å². The van der Waals surface area contributed by atoms with E-state index in [0.717, 1.165) is 11.1 Å². The van der Waals surface area contributed by atoms with Crippen molar-refractivity contribution in [2.45, 2.75) is 32.4 Å². The molecule has 0 aliphatic rings. The molecule has 0 spiro atoms. The normalized spacial score (nSPS) is 14.1. The number of aryl methyl sites for hydroxylation is 2. The number of benzene rings is 1. The zero-order valence-electron chi connectivity index (χ0n) is 10.8. The highest BCUT2D eigenvalue weighted by atomic mass is 16.5. The van der Waals surface area contributed by atoms with Gasteiger partial charge in [0.1, 0.15) is 5.75 Å². The molecule has 0 bridgehead atoms. The maximum absolute atomic E-state index is 10.6. The van der Waals surface area contributed by atoms with Gasteiger partial charge in [-0.25, -0.2) is 0 Å². The predicted molar refractivity (Wildman–Crippen MR) is 67.7 cm³/mol. The van der Waals surface area contributed by atoms with E-state index in [9.17, 15) is 9.90 Å². The standard InChI is InChI=1S/C13H19NO4/c1-7-4-9(18-3)5-8(2)12(7)13(17)10(14)6-11(15)16/h4-5,10,13,17H,6,14H2,1-3H3,(H,15,16). The van der Waals surface area contributed by atoms with Gasteiger partial charge in [0.2, 0.25) is 0 Å². The van der Waals surface area contributed by atoms with Crippen LogP contribution in [0, 0.1) is 13.8 Å². The van der Waals surface area contributed by atoms with Crippen LogP contribution in [0.15, 0.2) is 12.1 Å². The summed E-state index contributed by atoms with van der Waals surface area (Å²) < 4.78 is 5.13. The third-order valence-electron chi connectivity index (χ3n) is 2.91. The van der Waals surface area contributed by atoms with Crippen molar-refractivity contribution in [2.75, 3.05) is 7.11 Å². The minimum atomic E-state index is -1.02. The molecule has 0 saturated carbocycles. The quantitative estimate of drug-likeness (QED) is 0.732. The minimum Gasteiger partial charge on any atom is -0.497 e. The van der Waals surface area contributed by atoms with Crippen molar-refractivity contribution in [1.29, 1.82) is 0 Å². The first-order valence-electron chi connectivity index (χ1n) is 5.67. The second kappa shape index (κ2) is 5.84. The van der Waals surface area contributed by atoms with Crippen LogP contribution >= 0.6 is 0 Å². The van der Waals surface area contributed by atoms with Gasteiger partial charge in [0.05, 0.1) is 19.6 Å². The molecule has 0 aromatic heterocycles. The molecule has 0 heterocycles. The molecule has 5 nitrogen and oxygen atoms in total. The molecular formula is C13H19NO4. The van der Waals surface area contributed by atoms with Gasteiger partial charge in [-0.1, -0.05) is 0 Å². The van der Waals surface area contributed by atoms with Crippen LogP contribution in [0.3, 0.4) is 0 Å². The van der Waals surface area contributed by atoms with Crippen molar-refractivity contribution < 1.29 is 19.7 Å². The third kappa shape index (κ3) is 3.21. The Balaban J connectivity index is 3.05. The van der Waals surface area contributed by atoms with E-state index >= 15 is 0 Å². The highest BCUT2D eigenvalue weighted by Gasteiger charge is 2.23. The summed E-state index contributed by atoms with van der Waals surface area (Å²) in [6, 6.07) is 2.76. The molecular weight excluding hydrogens is 234 g/mol. The third-order valence-corrected chi connectivity index (χ3v) is 2.91.